The average Bonchev–Trinajstić information content (AvgIpc) is 2.72. The number of nitrogens with zero attached hydrogens (tertiary/aromatic N) is 4. The number of rotatable bonds is 2. The number of hydrogen-bond donors (Lipinski definition) is 0. The van der Waals surface area contributed by atoms with Crippen LogP contribution in [0, 0.1) is 0 Å². The highest BCUT2D eigenvalue weighted by atomic mass is 32.2. The van der Waals surface area contributed by atoms with E-state index in [9.17, 15) is 18.0 Å². The molecule has 2 amide bonds. The number of amides is 2. The van der Waals surface area contributed by atoms with Crippen LogP contribution in [0.25, 0.3) is 0 Å². The van der Waals surface area contributed by atoms with Crippen molar-refractivity contribution in [3.8, 4) is 0 Å². The van der Waals surface area contributed by atoms with Gasteiger partial charge in [-0.1, -0.05) is 11.3 Å². The SMILES string of the molecule is CCOC(=O)n1nc(S(C)(=O)=O)sc1=NC(=O)N(C)C. The fraction of sp³-hybridized carbons (Fsp3) is 0.556. The molecule has 112 valence electrons. The van der Waals surface area contributed by atoms with Crippen LogP contribution in [0.5, 0.6) is 0 Å². The van der Waals surface area contributed by atoms with Crippen molar-refractivity contribution >= 4 is 33.3 Å². The van der Waals surface area contributed by atoms with Crippen molar-refractivity contribution in [2.75, 3.05) is 27.0 Å². The molecule has 1 rings (SSSR count). The average molecular weight is 322 g/mol. The Kier molecular flexibility index (Phi) is 5.00. The summed E-state index contributed by atoms with van der Waals surface area (Å²) in [5, 5.41) is 3.62. The van der Waals surface area contributed by atoms with Crippen LogP contribution in [0.3, 0.4) is 0 Å². The van der Waals surface area contributed by atoms with Gasteiger partial charge in [-0.05, 0) is 6.92 Å². The summed E-state index contributed by atoms with van der Waals surface area (Å²) in [6, 6.07) is -0.647. The Morgan fingerprint density at radius 1 is 1.45 bits per heavy atom. The highest BCUT2D eigenvalue weighted by molar-refractivity contribution is 7.92. The molecule has 0 aromatic carbocycles. The van der Waals surface area contributed by atoms with Crippen molar-refractivity contribution < 1.29 is 22.7 Å². The Bertz CT molecular complexity index is 685. The first-order valence-corrected chi connectivity index (χ1v) is 8.11. The minimum absolute atomic E-state index is 0.0820. The van der Waals surface area contributed by atoms with Crippen LogP contribution in [-0.2, 0) is 14.6 Å². The van der Waals surface area contributed by atoms with E-state index in [0.29, 0.717) is 16.0 Å². The van der Waals surface area contributed by atoms with Crippen LogP contribution in [-0.4, -0.2) is 62.2 Å². The van der Waals surface area contributed by atoms with Gasteiger partial charge in [-0.3, -0.25) is 0 Å². The minimum atomic E-state index is -3.62. The highest BCUT2D eigenvalue weighted by Gasteiger charge is 2.20. The Morgan fingerprint density at radius 2 is 2.05 bits per heavy atom. The van der Waals surface area contributed by atoms with E-state index in [1.165, 1.54) is 19.0 Å². The summed E-state index contributed by atoms with van der Waals surface area (Å²) in [7, 11) is -0.673. The van der Waals surface area contributed by atoms with Gasteiger partial charge in [-0.15, -0.1) is 9.78 Å². The maximum Gasteiger partial charge on any atom is 0.437 e. The third kappa shape index (κ3) is 3.87. The molecule has 0 atom stereocenters. The molecule has 1 heterocycles. The van der Waals surface area contributed by atoms with Gasteiger partial charge in [0.15, 0.2) is 0 Å². The van der Waals surface area contributed by atoms with Crippen molar-refractivity contribution in [1.29, 1.82) is 0 Å². The summed E-state index contributed by atoms with van der Waals surface area (Å²) in [5.41, 5.74) is 0. The summed E-state index contributed by atoms with van der Waals surface area (Å²) in [6.45, 7) is 1.67. The second-order valence-electron chi connectivity index (χ2n) is 3.82. The topological polar surface area (TPSA) is 111 Å². The molecule has 20 heavy (non-hydrogen) atoms. The Morgan fingerprint density at radius 3 is 2.50 bits per heavy atom. The molecule has 1 aromatic rings. The largest absolute Gasteiger partial charge is 0.448 e. The van der Waals surface area contributed by atoms with Gasteiger partial charge in [0.25, 0.3) is 0 Å². The molecule has 0 N–H and O–H groups in total. The van der Waals surface area contributed by atoms with Gasteiger partial charge in [0.1, 0.15) is 0 Å². The normalized spacial score (nSPS) is 12.3. The van der Waals surface area contributed by atoms with E-state index in [1.807, 2.05) is 0 Å². The van der Waals surface area contributed by atoms with E-state index in [-0.39, 0.29) is 15.7 Å². The Labute approximate surface area is 119 Å². The van der Waals surface area contributed by atoms with Gasteiger partial charge in [-0.25, -0.2) is 18.0 Å². The molecule has 1 aromatic heterocycles. The second kappa shape index (κ2) is 6.13. The summed E-state index contributed by atoms with van der Waals surface area (Å²) in [4.78, 5) is 27.8. The van der Waals surface area contributed by atoms with Crippen LogP contribution in [0.2, 0.25) is 0 Å². The van der Waals surface area contributed by atoms with E-state index in [4.69, 9.17) is 4.74 Å². The van der Waals surface area contributed by atoms with E-state index in [0.717, 1.165) is 6.26 Å². The quantitative estimate of drug-likeness (QED) is 0.754. The molecular weight excluding hydrogens is 308 g/mol. The van der Waals surface area contributed by atoms with Gasteiger partial charge in [0.2, 0.25) is 19.0 Å². The molecule has 0 saturated heterocycles. The number of hydrogen-bond acceptors (Lipinski definition) is 7. The third-order valence-electron chi connectivity index (χ3n) is 1.87. The lowest BCUT2D eigenvalue weighted by Crippen LogP contribution is -2.29. The molecule has 0 fully saturated rings. The molecule has 0 aliphatic carbocycles. The Hall–Kier alpha value is -1.75. The van der Waals surface area contributed by atoms with Crippen molar-refractivity contribution in [2.45, 2.75) is 11.3 Å². The third-order valence-corrected chi connectivity index (χ3v) is 4.45. The predicted octanol–water partition coefficient (Wildman–Crippen LogP) is -0.0650. The van der Waals surface area contributed by atoms with E-state index >= 15 is 0 Å². The zero-order valence-corrected chi connectivity index (χ0v) is 13.0. The standard InChI is InChI=1S/C9H14N4O5S2/c1-5-18-9(15)13-7(10-6(14)12(2)3)19-8(11-13)20(4,16)17/h5H2,1-4H3. The van der Waals surface area contributed by atoms with Crippen LogP contribution >= 0.6 is 11.3 Å². The first-order chi connectivity index (χ1) is 9.16. The molecule has 0 radical (unpaired) electrons. The van der Waals surface area contributed by atoms with Gasteiger partial charge in [-0.2, -0.15) is 4.99 Å². The highest BCUT2D eigenvalue weighted by Crippen LogP contribution is 2.08. The summed E-state index contributed by atoms with van der Waals surface area (Å²) < 4.78 is 27.9. The summed E-state index contributed by atoms with van der Waals surface area (Å²) in [6.07, 6.45) is 0.0442. The smallest absolute Gasteiger partial charge is 0.437 e. The van der Waals surface area contributed by atoms with Crippen molar-refractivity contribution in [1.82, 2.24) is 14.7 Å². The first-order valence-electron chi connectivity index (χ1n) is 5.40. The van der Waals surface area contributed by atoms with Crippen molar-refractivity contribution in [3.05, 3.63) is 4.80 Å². The molecule has 0 unspecified atom stereocenters. The van der Waals surface area contributed by atoms with Gasteiger partial charge in [0, 0.05) is 20.4 Å². The number of urea groups is 1. The minimum Gasteiger partial charge on any atom is -0.448 e. The lowest BCUT2D eigenvalue weighted by Gasteiger charge is -2.04. The number of carbonyl (C=O) groups is 2. The van der Waals surface area contributed by atoms with E-state index < -0.39 is 22.0 Å². The Balaban J connectivity index is 3.45. The number of aromatic nitrogens is 2. The lowest BCUT2D eigenvalue weighted by molar-refractivity contribution is 0.149. The van der Waals surface area contributed by atoms with Crippen LogP contribution in [0.15, 0.2) is 9.33 Å². The van der Waals surface area contributed by atoms with Crippen LogP contribution < -0.4 is 4.80 Å². The van der Waals surface area contributed by atoms with Gasteiger partial charge >= 0.3 is 12.1 Å². The van der Waals surface area contributed by atoms with Gasteiger partial charge in [0.05, 0.1) is 6.61 Å². The molecule has 0 spiro atoms. The first kappa shape index (κ1) is 16.3. The van der Waals surface area contributed by atoms with Crippen molar-refractivity contribution in [3.63, 3.8) is 0 Å². The zero-order chi connectivity index (χ0) is 15.5. The number of carbonyl (C=O) groups excluding carboxylic acids is 2. The summed E-state index contributed by atoms with van der Waals surface area (Å²) >= 11 is 0.615. The molecule has 0 bridgehead atoms. The maximum atomic E-state index is 11.7. The monoisotopic (exact) mass is 322 g/mol. The van der Waals surface area contributed by atoms with Gasteiger partial charge < -0.3 is 9.64 Å². The van der Waals surface area contributed by atoms with E-state index in [1.54, 1.807) is 6.92 Å². The molecule has 0 aliphatic heterocycles. The number of ether oxygens (including phenoxy) is 1. The molecule has 9 nitrogen and oxygen atoms in total. The molecule has 11 heteroatoms. The fourth-order valence-electron chi connectivity index (χ4n) is 0.972. The molecule has 0 aliphatic rings. The summed E-state index contributed by atoms with van der Waals surface area (Å²) in [5.74, 6) is 0. The van der Waals surface area contributed by atoms with Crippen LogP contribution in [0.1, 0.15) is 6.92 Å². The molecule has 0 saturated carbocycles. The second-order valence-corrected chi connectivity index (χ2v) is 6.97. The number of sulfone groups is 1. The van der Waals surface area contributed by atoms with Crippen LogP contribution in [0.4, 0.5) is 9.59 Å². The van der Waals surface area contributed by atoms with Crippen molar-refractivity contribution in [2.24, 2.45) is 4.99 Å². The molecular formula is C9H14N4O5S2. The maximum absolute atomic E-state index is 11.7. The lowest BCUT2D eigenvalue weighted by atomic mass is 10.8. The predicted molar refractivity (Wildman–Crippen MR) is 70.3 cm³/mol. The zero-order valence-electron chi connectivity index (χ0n) is 11.4. The fourth-order valence-corrected chi connectivity index (χ4v) is 2.63. The van der Waals surface area contributed by atoms with E-state index in [2.05, 4.69) is 10.1 Å².